The van der Waals surface area contributed by atoms with Crippen molar-refractivity contribution in [2.45, 2.75) is 18.9 Å². The van der Waals surface area contributed by atoms with Crippen LogP contribution < -0.4 is 15.2 Å². The summed E-state index contributed by atoms with van der Waals surface area (Å²) in [6.07, 6.45) is 2.04. The standard InChI is InChI=1S/C11H15NO2/c1-13-9-6-4-7-3-5-8(12)10(7)11(9)14-2/h4,6,8H,3,5,12H2,1-2H3/t8-/m1/s1. The number of benzene rings is 1. The van der Waals surface area contributed by atoms with Gasteiger partial charge in [0.15, 0.2) is 11.5 Å². The van der Waals surface area contributed by atoms with Crippen LogP contribution in [0.2, 0.25) is 0 Å². The van der Waals surface area contributed by atoms with Crippen molar-refractivity contribution in [1.82, 2.24) is 0 Å². The summed E-state index contributed by atoms with van der Waals surface area (Å²) in [5, 5.41) is 0. The minimum absolute atomic E-state index is 0.0926. The molecule has 1 aliphatic carbocycles. The highest BCUT2D eigenvalue weighted by molar-refractivity contribution is 5.54. The summed E-state index contributed by atoms with van der Waals surface area (Å²) in [7, 11) is 3.30. The molecular weight excluding hydrogens is 178 g/mol. The maximum Gasteiger partial charge on any atom is 0.165 e. The topological polar surface area (TPSA) is 44.5 Å². The molecule has 0 radical (unpaired) electrons. The predicted molar refractivity (Wildman–Crippen MR) is 54.8 cm³/mol. The Kier molecular flexibility index (Phi) is 2.33. The molecule has 0 heterocycles. The van der Waals surface area contributed by atoms with Gasteiger partial charge in [0.25, 0.3) is 0 Å². The highest BCUT2D eigenvalue weighted by Gasteiger charge is 2.25. The molecule has 0 amide bonds. The highest BCUT2D eigenvalue weighted by atomic mass is 16.5. The molecule has 0 fully saturated rings. The molecule has 1 aromatic rings. The summed E-state index contributed by atoms with van der Waals surface area (Å²) < 4.78 is 10.6. The van der Waals surface area contributed by atoms with E-state index < -0.39 is 0 Å². The molecule has 0 unspecified atom stereocenters. The first-order valence-electron chi connectivity index (χ1n) is 4.77. The Morgan fingerprint density at radius 2 is 2.07 bits per heavy atom. The average molecular weight is 193 g/mol. The summed E-state index contributed by atoms with van der Waals surface area (Å²) in [6.45, 7) is 0. The lowest BCUT2D eigenvalue weighted by Gasteiger charge is -2.14. The van der Waals surface area contributed by atoms with Gasteiger partial charge in [-0.15, -0.1) is 0 Å². The van der Waals surface area contributed by atoms with Gasteiger partial charge in [-0.2, -0.15) is 0 Å². The van der Waals surface area contributed by atoms with Gasteiger partial charge in [0.2, 0.25) is 0 Å². The van der Waals surface area contributed by atoms with E-state index in [9.17, 15) is 0 Å². The van der Waals surface area contributed by atoms with Crippen LogP contribution in [0.3, 0.4) is 0 Å². The van der Waals surface area contributed by atoms with E-state index in [0.29, 0.717) is 0 Å². The molecule has 2 rings (SSSR count). The van der Waals surface area contributed by atoms with Crippen molar-refractivity contribution in [1.29, 1.82) is 0 Å². The first kappa shape index (κ1) is 9.34. The SMILES string of the molecule is COc1ccc2c(c1OC)[C@H](N)CC2. The molecular formula is C11H15NO2. The van der Waals surface area contributed by atoms with Crippen LogP contribution in [0, 0.1) is 0 Å². The van der Waals surface area contributed by atoms with Gasteiger partial charge in [-0.05, 0) is 24.5 Å². The van der Waals surface area contributed by atoms with Gasteiger partial charge < -0.3 is 15.2 Å². The summed E-state index contributed by atoms with van der Waals surface area (Å²) in [5.41, 5.74) is 8.42. The first-order chi connectivity index (χ1) is 6.77. The maximum atomic E-state index is 6.01. The Hall–Kier alpha value is -1.22. The van der Waals surface area contributed by atoms with Crippen molar-refractivity contribution in [2.24, 2.45) is 5.73 Å². The highest BCUT2D eigenvalue weighted by Crippen LogP contribution is 2.41. The lowest BCUT2D eigenvalue weighted by Crippen LogP contribution is -2.07. The quantitative estimate of drug-likeness (QED) is 0.776. The molecule has 0 bridgehead atoms. The Morgan fingerprint density at radius 3 is 2.71 bits per heavy atom. The Bertz CT molecular complexity index is 349. The summed E-state index contributed by atoms with van der Waals surface area (Å²) >= 11 is 0. The van der Waals surface area contributed by atoms with Gasteiger partial charge in [-0.25, -0.2) is 0 Å². The van der Waals surface area contributed by atoms with Crippen LogP contribution in [0.4, 0.5) is 0 Å². The summed E-state index contributed by atoms with van der Waals surface area (Å²) in [4.78, 5) is 0. The molecule has 3 nitrogen and oxygen atoms in total. The predicted octanol–water partition coefficient (Wildman–Crippen LogP) is 1.65. The minimum Gasteiger partial charge on any atom is -0.493 e. The second-order valence-electron chi connectivity index (χ2n) is 3.52. The fourth-order valence-electron chi connectivity index (χ4n) is 2.07. The van der Waals surface area contributed by atoms with Crippen molar-refractivity contribution < 1.29 is 9.47 Å². The van der Waals surface area contributed by atoms with Crippen LogP contribution in [-0.4, -0.2) is 14.2 Å². The molecule has 76 valence electrons. The number of nitrogens with two attached hydrogens (primary N) is 1. The Balaban J connectivity index is 2.57. The third-order valence-electron chi connectivity index (χ3n) is 2.77. The van der Waals surface area contributed by atoms with Crippen molar-refractivity contribution in [3.05, 3.63) is 23.3 Å². The summed E-state index contributed by atoms with van der Waals surface area (Å²) in [6, 6.07) is 4.11. The van der Waals surface area contributed by atoms with Gasteiger partial charge in [0, 0.05) is 11.6 Å². The monoisotopic (exact) mass is 193 g/mol. The average Bonchev–Trinajstić information content (AvgIpc) is 2.59. The molecule has 0 saturated heterocycles. The van der Waals surface area contributed by atoms with Crippen LogP contribution in [0.1, 0.15) is 23.6 Å². The fourth-order valence-corrected chi connectivity index (χ4v) is 2.07. The van der Waals surface area contributed by atoms with E-state index in [1.807, 2.05) is 6.07 Å². The van der Waals surface area contributed by atoms with E-state index in [4.69, 9.17) is 15.2 Å². The molecule has 1 aliphatic rings. The minimum atomic E-state index is 0.0926. The molecule has 0 aliphatic heterocycles. The van der Waals surface area contributed by atoms with Crippen LogP contribution in [0.5, 0.6) is 11.5 Å². The van der Waals surface area contributed by atoms with Gasteiger partial charge in [0.1, 0.15) is 0 Å². The van der Waals surface area contributed by atoms with Crippen LogP contribution >= 0.6 is 0 Å². The van der Waals surface area contributed by atoms with Crippen molar-refractivity contribution in [3.8, 4) is 11.5 Å². The van der Waals surface area contributed by atoms with E-state index in [2.05, 4.69) is 6.07 Å². The first-order valence-corrected chi connectivity index (χ1v) is 4.77. The van der Waals surface area contributed by atoms with Crippen molar-refractivity contribution >= 4 is 0 Å². The van der Waals surface area contributed by atoms with E-state index in [1.54, 1.807) is 14.2 Å². The Morgan fingerprint density at radius 1 is 1.29 bits per heavy atom. The van der Waals surface area contributed by atoms with Crippen molar-refractivity contribution in [3.63, 3.8) is 0 Å². The maximum absolute atomic E-state index is 6.01. The van der Waals surface area contributed by atoms with E-state index in [-0.39, 0.29) is 6.04 Å². The molecule has 0 aromatic heterocycles. The van der Waals surface area contributed by atoms with Crippen LogP contribution in [-0.2, 0) is 6.42 Å². The lowest BCUT2D eigenvalue weighted by atomic mass is 10.1. The lowest BCUT2D eigenvalue weighted by molar-refractivity contribution is 0.350. The molecule has 14 heavy (non-hydrogen) atoms. The number of methoxy groups -OCH3 is 2. The zero-order chi connectivity index (χ0) is 10.1. The fraction of sp³-hybridized carbons (Fsp3) is 0.455. The van der Waals surface area contributed by atoms with Crippen LogP contribution in [0.25, 0.3) is 0 Å². The van der Waals surface area contributed by atoms with E-state index in [1.165, 1.54) is 5.56 Å². The van der Waals surface area contributed by atoms with E-state index in [0.717, 1.165) is 29.9 Å². The van der Waals surface area contributed by atoms with Gasteiger partial charge in [-0.3, -0.25) is 0 Å². The molecule has 2 N–H and O–H groups in total. The number of aryl methyl sites for hydroxylation is 1. The summed E-state index contributed by atoms with van der Waals surface area (Å²) in [5.74, 6) is 1.57. The molecule has 0 saturated carbocycles. The third kappa shape index (κ3) is 1.24. The number of hydrogen-bond donors (Lipinski definition) is 1. The number of rotatable bonds is 2. The van der Waals surface area contributed by atoms with Gasteiger partial charge >= 0.3 is 0 Å². The smallest absolute Gasteiger partial charge is 0.165 e. The molecule has 3 heteroatoms. The van der Waals surface area contributed by atoms with Gasteiger partial charge in [-0.1, -0.05) is 6.07 Å². The second-order valence-corrected chi connectivity index (χ2v) is 3.52. The van der Waals surface area contributed by atoms with E-state index >= 15 is 0 Å². The zero-order valence-corrected chi connectivity index (χ0v) is 8.54. The largest absolute Gasteiger partial charge is 0.493 e. The van der Waals surface area contributed by atoms with Gasteiger partial charge in [0.05, 0.1) is 14.2 Å². The third-order valence-corrected chi connectivity index (χ3v) is 2.77. The number of fused-ring (bicyclic) bond motifs is 1. The Labute approximate surface area is 83.8 Å². The molecule has 0 spiro atoms. The zero-order valence-electron chi connectivity index (χ0n) is 8.54. The second kappa shape index (κ2) is 3.50. The number of hydrogen-bond acceptors (Lipinski definition) is 3. The van der Waals surface area contributed by atoms with Crippen LogP contribution in [0.15, 0.2) is 12.1 Å². The number of ether oxygens (including phenoxy) is 2. The molecule has 1 atom stereocenters. The molecule has 1 aromatic carbocycles. The van der Waals surface area contributed by atoms with Crippen molar-refractivity contribution in [2.75, 3.05) is 14.2 Å². The normalized spacial score (nSPS) is 19.2.